The number of halogens is 1. The van der Waals surface area contributed by atoms with Crippen LogP contribution in [0, 0.1) is 5.82 Å². The van der Waals surface area contributed by atoms with Crippen LogP contribution in [-0.4, -0.2) is 24.3 Å². The van der Waals surface area contributed by atoms with Gasteiger partial charge in [-0.15, -0.1) is 0 Å². The SMILES string of the molecule is Nc1cc(F)cc(C(=O)OCCCO)c1. The molecule has 5 heteroatoms. The molecule has 0 aliphatic heterocycles. The van der Waals surface area contributed by atoms with E-state index in [1.807, 2.05) is 0 Å². The van der Waals surface area contributed by atoms with Crippen LogP contribution >= 0.6 is 0 Å². The van der Waals surface area contributed by atoms with E-state index in [1.54, 1.807) is 0 Å². The van der Waals surface area contributed by atoms with Crippen molar-refractivity contribution in [1.82, 2.24) is 0 Å². The molecular weight excluding hydrogens is 201 g/mol. The highest BCUT2D eigenvalue weighted by Crippen LogP contribution is 2.11. The van der Waals surface area contributed by atoms with Crippen molar-refractivity contribution >= 4 is 11.7 Å². The molecule has 3 N–H and O–H groups in total. The molecule has 1 aromatic rings. The van der Waals surface area contributed by atoms with Crippen molar-refractivity contribution in [2.45, 2.75) is 6.42 Å². The highest BCUT2D eigenvalue weighted by molar-refractivity contribution is 5.90. The molecule has 0 aliphatic carbocycles. The van der Waals surface area contributed by atoms with Gasteiger partial charge in [-0.25, -0.2) is 9.18 Å². The summed E-state index contributed by atoms with van der Waals surface area (Å²) in [6.45, 7) is 0.0460. The standard InChI is InChI=1S/C10H12FNO3/c11-8-4-7(5-9(12)6-8)10(14)15-3-1-2-13/h4-6,13H,1-3,12H2. The molecule has 0 saturated carbocycles. The largest absolute Gasteiger partial charge is 0.462 e. The molecule has 0 spiro atoms. The number of anilines is 1. The minimum atomic E-state index is -0.644. The first-order chi connectivity index (χ1) is 7.13. The topological polar surface area (TPSA) is 72.6 Å². The fourth-order valence-electron chi connectivity index (χ4n) is 1.04. The molecule has 0 fully saturated rings. The van der Waals surface area contributed by atoms with Gasteiger partial charge >= 0.3 is 5.97 Å². The fourth-order valence-corrected chi connectivity index (χ4v) is 1.04. The Hall–Kier alpha value is -1.62. The maximum absolute atomic E-state index is 12.8. The van der Waals surface area contributed by atoms with Crippen LogP contribution in [0.25, 0.3) is 0 Å². The molecule has 15 heavy (non-hydrogen) atoms. The van der Waals surface area contributed by atoms with Gasteiger partial charge in [-0.1, -0.05) is 0 Å². The second kappa shape index (κ2) is 5.31. The zero-order valence-electron chi connectivity index (χ0n) is 8.07. The predicted octanol–water partition coefficient (Wildman–Crippen LogP) is 0.947. The molecule has 82 valence electrons. The van der Waals surface area contributed by atoms with Crippen LogP contribution in [-0.2, 0) is 4.74 Å². The van der Waals surface area contributed by atoms with E-state index in [0.717, 1.165) is 12.1 Å². The number of nitrogen functional groups attached to an aromatic ring is 1. The monoisotopic (exact) mass is 213 g/mol. The van der Waals surface area contributed by atoms with E-state index in [9.17, 15) is 9.18 Å². The van der Waals surface area contributed by atoms with Crippen molar-refractivity contribution in [3.63, 3.8) is 0 Å². The fraction of sp³-hybridized carbons (Fsp3) is 0.300. The van der Waals surface area contributed by atoms with E-state index in [-0.39, 0.29) is 24.5 Å². The Morgan fingerprint density at radius 3 is 2.80 bits per heavy atom. The van der Waals surface area contributed by atoms with Crippen LogP contribution < -0.4 is 5.73 Å². The molecular formula is C10H12FNO3. The smallest absolute Gasteiger partial charge is 0.338 e. The minimum Gasteiger partial charge on any atom is -0.462 e. The lowest BCUT2D eigenvalue weighted by atomic mass is 10.2. The van der Waals surface area contributed by atoms with Crippen LogP contribution in [0.2, 0.25) is 0 Å². The molecule has 4 nitrogen and oxygen atoms in total. The van der Waals surface area contributed by atoms with E-state index in [0.29, 0.717) is 6.42 Å². The third-order valence-electron chi connectivity index (χ3n) is 1.69. The molecule has 1 rings (SSSR count). The average Bonchev–Trinajstić information content (AvgIpc) is 2.16. The van der Waals surface area contributed by atoms with E-state index in [2.05, 4.69) is 0 Å². The number of hydrogen-bond acceptors (Lipinski definition) is 4. The third kappa shape index (κ3) is 3.55. The lowest BCUT2D eigenvalue weighted by Crippen LogP contribution is -2.08. The van der Waals surface area contributed by atoms with Crippen molar-refractivity contribution in [1.29, 1.82) is 0 Å². The van der Waals surface area contributed by atoms with Gasteiger partial charge in [0, 0.05) is 18.7 Å². The average molecular weight is 213 g/mol. The van der Waals surface area contributed by atoms with Crippen LogP contribution in [0.1, 0.15) is 16.8 Å². The summed E-state index contributed by atoms with van der Waals surface area (Å²) >= 11 is 0. The molecule has 0 saturated heterocycles. The first-order valence-corrected chi connectivity index (χ1v) is 4.47. The number of ether oxygens (including phenoxy) is 1. The summed E-state index contributed by atoms with van der Waals surface area (Å²) in [5.74, 6) is -1.22. The summed E-state index contributed by atoms with van der Waals surface area (Å²) in [4.78, 5) is 11.3. The normalized spacial score (nSPS) is 10.0. The Morgan fingerprint density at radius 1 is 1.47 bits per heavy atom. The van der Waals surface area contributed by atoms with Gasteiger partial charge in [0.2, 0.25) is 0 Å². The molecule has 1 aromatic carbocycles. The first-order valence-electron chi connectivity index (χ1n) is 4.47. The zero-order chi connectivity index (χ0) is 11.3. The van der Waals surface area contributed by atoms with Crippen molar-refractivity contribution in [3.8, 4) is 0 Å². The highest BCUT2D eigenvalue weighted by atomic mass is 19.1. The number of hydrogen-bond donors (Lipinski definition) is 2. The summed E-state index contributed by atoms with van der Waals surface area (Å²) in [5.41, 5.74) is 5.61. The quantitative estimate of drug-likeness (QED) is 0.443. The summed E-state index contributed by atoms with van der Waals surface area (Å²) < 4.78 is 17.6. The first kappa shape index (κ1) is 11.5. The Labute approximate surface area is 86.5 Å². The molecule has 0 atom stereocenters. The van der Waals surface area contributed by atoms with Crippen LogP contribution in [0.5, 0.6) is 0 Å². The molecule has 0 aliphatic rings. The number of aliphatic hydroxyl groups excluding tert-OH is 1. The molecule has 0 bridgehead atoms. The number of aliphatic hydroxyl groups is 1. The zero-order valence-corrected chi connectivity index (χ0v) is 8.07. The van der Waals surface area contributed by atoms with Gasteiger partial charge in [0.25, 0.3) is 0 Å². The predicted molar refractivity (Wildman–Crippen MR) is 52.8 cm³/mol. The molecule has 0 aromatic heterocycles. The molecule has 0 heterocycles. The van der Waals surface area contributed by atoms with E-state index in [4.69, 9.17) is 15.6 Å². The second-order valence-electron chi connectivity index (χ2n) is 2.99. The van der Waals surface area contributed by atoms with Crippen molar-refractivity contribution in [2.75, 3.05) is 18.9 Å². The van der Waals surface area contributed by atoms with Crippen molar-refractivity contribution in [3.05, 3.63) is 29.6 Å². The number of benzene rings is 1. The Bertz CT molecular complexity index is 334. The van der Waals surface area contributed by atoms with E-state index >= 15 is 0 Å². The number of nitrogens with two attached hydrogens (primary N) is 1. The molecule has 0 radical (unpaired) electrons. The van der Waals surface area contributed by atoms with Crippen LogP contribution in [0.4, 0.5) is 10.1 Å². The van der Waals surface area contributed by atoms with E-state index in [1.165, 1.54) is 6.07 Å². The number of esters is 1. The van der Waals surface area contributed by atoms with Gasteiger partial charge in [0.15, 0.2) is 0 Å². The summed E-state index contributed by atoms with van der Waals surface area (Å²) in [7, 11) is 0. The van der Waals surface area contributed by atoms with Crippen LogP contribution in [0.15, 0.2) is 18.2 Å². The highest BCUT2D eigenvalue weighted by Gasteiger charge is 2.08. The van der Waals surface area contributed by atoms with Crippen molar-refractivity contribution in [2.24, 2.45) is 0 Å². The van der Waals surface area contributed by atoms with Crippen LogP contribution in [0.3, 0.4) is 0 Å². The van der Waals surface area contributed by atoms with Gasteiger partial charge in [0.1, 0.15) is 5.82 Å². The Balaban J connectivity index is 2.65. The van der Waals surface area contributed by atoms with E-state index < -0.39 is 11.8 Å². The van der Waals surface area contributed by atoms with Gasteiger partial charge in [-0.05, 0) is 18.2 Å². The number of carbonyl (C=O) groups excluding carboxylic acids is 1. The maximum atomic E-state index is 12.8. The lowest BCUT2D eigenvalue weighted by Gasteiger charge is -2.04. The Morgan fingerprint density at radius 2 is 2.20 bits per heavy atom. The van der Waals surface area contributed by atoms with Crippen molar-refractivity contribution < 1.29 is 19.0 Å². The summed E-state index contributed by atoms with van der Waals surface area (Å²) in [6.07, 6.45) is 0.358. The summed E-state index contributed by atoms with van der Waals surface area (Å²) in [5, 5.41) is 8.47. The lowest BCUT2D eigenvalue weighted by molar-refractivity contribution is 0.0481. The van der Waals surface area contributed by atoms with Gasteiger partial charge in [-0.2, -0.15) is 0 Å². The Kier molecular flexibility index (Phi) is 4.05. The number of rotatable bonds is 4. The second-order valence-corrected chi connectivity index (χ2v) is 2.99. The van der Waals surface area contributed by atoms with Gasteiger partial charge < -0.3 is 15.6 Å². The summed E-state index contributed by atoms with van der Waals surface area (Å²) in [6, 6.07) is 3.51. The minimum absolute atomic E-state index is 0.0570. The number of carbonyl (C=O) groups is 1. The third-order valence-corrected chi connectivity index (χ3v) is 1.69. The maximum Gasteiger partial charge on any atom is 0.338 e. The van der Waals surface area contributed by atoms with Gasteiger partial charge in [-0.3, -0.25) is 0 Å². The molecule has 0 amide bonds. The van der Waals surface area contributed by atoms with Gasteiger partial charge in [0.05, 0.1) is 12.2 Å². The molecule has 0 unspecified atom stereocenters.